The number of nitrogens with one attached hydrogen (secondary N) is 1. The maximum Gasteiger partial charge on any atom is 0.240 e. The molecule has 16 heavy (non-hydrogen) atoms. The SMILES string of the molecule is COCCNC(=O)Cn1cccc1C(C)=O. The maximum atomic E-state index is 11.5. The summed E-state index contributed by atoms with van der Waals surface area (Å²) in [6.45, 7) is 2.60. The molecule has 0 aliphatic carbocycles. The molecule has 0 aliphatic rings. The van der Waals surface area contributed by atoms with E-state index < -0.39 is 0 Å². The van der Waals surface area contributed by atoms with Crippen LogP contribution in [0.1, 0.15) is 17.4 Å². The van der Waals surface area contributed by atoms with E-state index in [0.717, 1.165) is 0 Å². The van der Waals surface area contributed by atoms with Gasteiger partial charge in [0.25, 0.3) is 0 Å². The molecule has 0 saturated heterocycles. The molecular weight excluding hydrogens is 208 g/mol. The van der Waals surface area contributed by atoms with E-state index in [9.17, 15) is 9.59 Å². The molecule has 0 spiro atoms. The third-order valence-electron chi connectivity index (χ3n) is 2.13. The summed E-state index contributed by atoms with van der Waals surface area (Å²) in [7, 11) is 1.58. The Morgan fingerprint density at radius 3 is 2.88 bits per heavy atom. The van der Waals surface area contributed by atoms with Crippen LogP contribution in [0.25, 0.3) is 0 Å². The largest absolute Gasteiger partial charge is 0.383 e. The summed E-state index contributed by atoms with van der Waals surface area (Å²) in [5.41, 5.74) is 0.543. The van der Waals surface area contributed by atoms with E-state index in [0.29, 0.717) is 18.8 Å². The zero-order valence-electron chi connectivity index (χ0n) is 9.53. The van der Waals surface area contributed by atoms with Gasteiger partial charge in [-0.15, -0.1) is 0 Å². The second-order valence-electron chi connectivity index (χ2n) is 3.42. The molecule has 1 aromatic heterocycles. The highest BCUT2D eigenvalue weighted by atomic mass is 16.5. The first-order valence-electron chi connectivity index (χ1n) is 5.07. The molecule has 1 amide bonds. The summed E-state index contributed by atoms with van der Waals surface area (Å²) in [6.07, 6.45) is 1.71. The van der Waals surface area contributed by atoms with Crippen molar-refractivity contribution in [2.45, 2.75) is 13.5 Å². The third kappa shape index (κ3) is 3.51. The van der Waals surface area contributed by atoms with Crippen molar-refractivity contribution in [1.29, 1.82) is 0 Å². The molecule has 1 heterocycles. The summed E-state index contributed by atoms with van der Waals surface area (Å²) < 4.78 is 6.44. The minimum Gasteiger partial charge on any atom is -0.383 e. The fourth-order valence-electron chi connectivity index (χ4n) is 1.37. The quantitative estimate of drug-likeness (QED) is 0.564. The topological polar surface area (TPSA) is 60.3 Å². The Balaban J connectivity index is 2.49. The van der Waals surface area contributed by atoms with E-state index in [2.05, 4.69) is 5.32 Å². The lowest BCUT2D eigenvalue weighted by molar-refractivity contribution is -0.121. The molecule has 0 aromatic carbocycles. The normalized spacial score (nSPS) is 10.1. The number of rotatable bonds is 6. The molecule has 5 heteroatoms. The van der Waals surface area contributed by atoms with Crippen LogP contribution in [0.2, 0.25) is 0 Å². The predicted octanol–water partition coefficient (Wildman–Crippen LogP) is 0.453. The molecule has 0 aliphatic heterocycles. The first kappa shape index (κ1) is 12.4. The number of hydrogen-bond acceptors (Lipinski definition) is 3. The van der Waals surface area contributed by atoms with Gasteiger partial charge >= 0.3 is 0 Å². The van der Waals surface area contributed by atoms with Crippen LogP contribution in [0, 0.1) is 0 Å². The van der Waals surface area contributed by atoms with Crippen molar-refractivity contribution in [2.24, 2.45) is 0 Å². The Kier molecular flexibility index (Phi) is 4.72. The van der Waals surface area contributed by atoms with E-state index in [1.54, 1.807) is 30.0 Å². The number of nitrogens with zero attached hydrogens (tertiary/aromatic N) is 1. The number of hydrogen-bond donors (Lipinski definition) is 1. The predicted molar refractivity (Wildman–Crippen MR) is 59.3 cm³/mol. The first-order valence-corrected chi connectivity index (χ1v) is 5.07. The van der Waals surface area contributed by atoms with E-state index in [4.69, 9.17) is 4.74 Å². The number of ether oxygens (including phenoxy) is 1. The Bertz CT molecular complexity index is 371. The first-order chi connectivity index (χ1) is 7.65. The number of carbonyl (C=O) groups is 2. The zero-order valence-corrected chi connectivity index (χ0v) is 9.53. The van der Waals surface area contributed by atoms with Gasteiger partial charge in [0.05, 0.1) is 12.3 Å². The summed E-state index contributed by atoms with van der Waals surface area (Å²) >= 11 is 0. The number of amides is 1. The van der Waals surface area contributed by atoms with Crippen molar-refractivity contribution in [3.8, 4) is 0 Å². The van der Waals surface area contributed by atoms with Crippen LogP contribution in [0.5, 0.6) is 0 Å². The average molecular weight is 224 g/mol. The summed E-state index contributed by atoms with van der Waals surface area (Å²) in [4.78, 5) is 22.7. The van der Waals surface area contributed by atoms with Crippen molar-refractivity contribution < 1.29 is 14.3 Å². The Morgan fingerprint density at radius 2 is 2.25 bits per heavy atom. The van der Waals surface area contributed by atoms with Crippen molar-refractivity contribution in [2.75, 3.05) is 20.3 Å². The van der Waals surface area contributed by atoms with Gasteiger partial charge in [0, 0.05) is 26.8 Å². The van der Waals surface area contributed by atoms with Gasteiger partial charge in [-0.2, -0.15) is 0 Å². The van der Waals surface area contributed by atoms with E-state index in [-0.39, 0.29) is 18.2 Å². The van der Waals surface area contributed by atoms with E-state index >= 15 is 0 Å². The lowest BCUT2D eigenvalue weighted by Gasteiger charge is -2.07. The van der Waals surface area contributed by atoms with Crippen molar-refractivity contribution >= 4 is 11.7 Å². The molecule has 0 bridgehead atoms. The zero-order chi connectivity index (χ0) is 12.0. The van der Waals surface area contributed by atoms with Gasteiger partial charge in [0.1, 0.15) is 6.54 Å². The van der Waals surface area contributed by atoms with Gasteiger partial charge in [-0.05, 0) is 12.1 Å². The molecule has 0 atom stereocenters. The number of aromatic nitrogens is 1. The monoisotopic (exact) mass is 224 g/mol. The molecule has 0 fully saturated rings. The summed E-state index contributed by atoms with van der Waals surface area (Å²) in [6, 6.07) is 3.45. The van der Waals surface area contributed by atoms with Crippen molar-refractivity contribution in [3.63, 3.8) is 0 Å². The number of ketones is 1. The third-order valence-corrected chi connectivity index (χ3v) is 2.13. The lowest BCUT2D eigenvalue weighted by atomic mass is 10.3. The summed E-state index contributed by atoms with van der Waals surface area (Å²) in [5, 5.41) is 2.69. The minimum absolute atomic E-state index is 0.0466. The molecule has 0 radical (unpaired) electrons. The fraction of sp³-hybridized carbons (Fsp3) is 0.455. The van der Waals surface area contributed by atoms with Crippen LogP contribution in [-0.2, 0) is 16.1 Å². The van der Waals surface area contributed by atoms with Crippen LogP contribution >= 0.6 is 0 Å². The highest BCUT2D eigenvalue weighted by molar-refractivity contribution is 5.93. The van der Waals surface area contributed by atoms with Gasteiger partial charge in [0.15, 0.2) is 5.78 Å². The van der Waals surface area contributed by atoms with Crippen LogP contribution in [0.3, 0.4) is 0 Å². The molecule has 1 rings (SSSR count). The van der Waals surface area contributed by atoms with E-state index in [1.807, 2.05) is 0 Å². The second kappa shape index (κ2) is 6.07. The Morgan fingerprint density at radius 1 is 1.50 bits per heavy atom. The lowest BCUT2D eigenvalue weighted by Crippen LogP contribution is -2.30. The van der Waals surface area contributed by atoms with Gasteiger partial charge in [-0.1, -0.05) is 0 Å². The smallest absolute Gasteiger partial charge is 0.240 e. The molecule has 5 nitrogen and oxygen atoms in total. The second-order valence-corrected chi connectivity index (χ2v) is 3.42. The van der Waals surface area contributed by atoms with Crippen LogP contribution in [0.4, 0.5) is 0 Å². The maximum absolute atomic E-state index is 11.5. The highest BCUT2D eigenvalue weighted by Crippen LogP contribution is 2.02. The Hall–Kier alpha value is -1.62. The van der Waals surface area contributed by atoms with Gasteiger partial charge in [0.2, 0.25) is 5.91 Å². The number of methoxy groups -OCH3 is 1. The highest BCUT2D eigenvalue weighted by Gasteiger charge is 2.08. The van der Waals surface area contributed by atoms with Gasteiger partial charge < -0.3 is 14.6 Å². The molecule has 1 N–H and O–H groups in total. The molecule has 1 aromatic rings. The Labute approximate surface area is 94.4 Å². The van der Waals surface area contributed by atoms with Crippen LogP contribution in [-0.4, -0.2) is 36.5 Å². The molecule has 0 unspecified atom stereocenters. The van der Waals surface area contributed by atoms with Gasteiger partial charge in [-0.25, -0.2) is 0 Å². The van der Waals surface area contributed by atoms with Crippen LogP contribution < -0.4 is 5.32 Å². The van der Waals surface area contributed by atoms with Crippen molar-refractivity contribution in [3.05, 3.63) is 24.0 Å². The average Bonchev–Trinajstić information content (AvgIpc) is 2.66. The van der Waals surface area contributed by atoms with E-state index in [1.165, 1.54) is 6.92 Å². The number of carbonyl (C=O) groups excluding carboxylic acids is 2. The van der Waals surface area contributed by atoms with Gasteiger partial charge in [-0.3, -0.25) is 9.59 Å². The van der Waals surface area contributed by atoms with Crippen molar-refractivity contribution in [1.82, 2.24) is 9.88 Å². The molecule has 88 valence electrons. The molecular formula is C11H16N2O3. The minimum atomic E-state index is -0.129. The molecule has 0 saturated carbocycles. The fourth-order valence-corrected chi connectivity index (χ4v) is 1.37. The standard InChI is InChI=1S/C11H16N2O3/c1-9(14)10-4-3-6-13(10)8-11(15)12-5-7-16-2/h3-4,6H,5,7-8H2,1-2H3,(H,12,15). The van der Waals surface area contributed by atoms with Crippen LogP contribution in [0.15, 0.2) is 18.3 Å². The number of Topliss-reactive ketones (excluding diaryl/α,β-unsaturated/α-hetero) is 1. The summed E-state index contributed by atoms with van der Waals surface area (Å²) in [5.74, 6) is -0.176.